The zero-order chi connectivity index (χ0) is 30.7. The summed E-state index contributed by atoms with van der Waals surface area (Å²) in [6, 6.07) is 14.0. The molecule has 0 radical (unpaired) electrons. The van der Waals surface area contributed by atoms with Gasteiger partial charge in [-0.25, -0.2) is 8.42 Å². The summed E-state index contributed by atoms with van der Waals surface area (Å²) in [5.41, 5.74) is 0.539. The SMILES string of the molecule is CN(CC1CCC(Cc2ccccc2)(N2CCCC2)CC1)C(=O)CC1CCCCN1S(=O)(=O)c1cccc(C(F)(F)F)c1. The van der Waals surface area contributed by atoms with Crippen LogP contribution in [0.4, 0.5) is 13.2 Å². The van der Waals surface area contributed by atoms with Gasteiger partial charge in [-0.1, -0.05) is 42.8 Å². The molecule has 236 valence electrons. The number of piperidine rings is 1. The second-order valence-electron chi connectivity index (χ2n) is 12.8. The fraction of sp³-hybridized carbons (Fsp3) is 0.606. The number of hydrogen-bond acceptors (Lipinski definition) is 4. The maximum Gasteiger partial charge on any atom is 0.416 e. The molecule has 1 aliphatic carbocycles. The highest BCUT2D eigenvalue weighted by atomic mass is 32.2. The Morgan fingerprint density at radius 2 is 1.60 bits per heavy atom. The molecule has 10 heteroatoms. The average molecular weight is 620 g/mol. The average Bonchev–Trinajstić information content (AvgIpc) is 3.55. The van der Waals surface area contributed by atoms with Crippen LogP contribution in [0.1, 0.15) is 75.3 Å². The second kappa shape index (κ2) is 13.3. The number of alkyl halides is 3. The molecule has 3 aliphatic rings. The zero-order valence-corrected chi connectivity index (χ0v) is 25.9. The van der Waals surface area contributed by atoms with Crippen molar-refractivity contribution in [3.8, 4) is 0 Å². The zero-order valence-electron chi connectivity index (χ0n) is 25.1. The number of carbonyl (C=O) groups is 1. The van der Waals surface area contributed by atoms with Crippen molar-refractivity contribution in [1.29, 1.82) is 0 Å². The molecule has 2 aliphatic heterocycles. The highest BCUT2D eigenvalue weighted by molar-refractivity contribution is 7.89. The van der Waals surface area contributed by atoms with Crippen LogP contribution in [0.25, 0.3) is 0 Å². The van der Waals surface area contributed by atoms with Crippen molar-refractivity contribution >= 4 is 15.9 Å². The predicted octanol–water partition coefficient (Wildman–Crippen LogP) is 6.36. The van der Waals surface area contributed by atoms with E-state index in [1.165, 1.54) is 28.8 Å². The molecular weight excluding hydrogens is 575 g/mol. The Morgan fingerprint density at radius 3 is 2.28 bits per heavy atom. The summed E-state index contributed by atoms with van der Waals surface area (Å²) in [4.78, 5) is 17.5. The van der Waals surface area contributed by atoms with E-state index >= 15 is 0 Å². The molecule has 1 atom stereocenters. The van der Waals surface area contributed by atoms with Crippen LogP contribution in [-0.2, 0) is 27.4 Å². The van der Waals surface area contributed by atoms with Crippen molar-refractivity contribution < 1.29 is 26.4 Å². The van der Waals surface area contributed by atoms with Gasteiger partial charge in [0.15, 0.2) is 0 Å². The third kappa shape index (κ3) is 7.45. The highest BCUT2D eigenvalue weighted by Gasteiger charge is 2.42. The molecule has 0 spiro atoms. The number of carbonyl (C=O) groups excluding carboxylic acids is 1. The molecule has 43 heavy (non-hydrogen) atoms. The first-order chi connectivity index (χ1) is 20.5. The smallest absolute Gasteiger partial charge is 0.345 e. The number of amides is 1. The lowest BCUT2D eigenvalue weighted by molar-refractivity contribution is -0.137. The number of nitrogens with zero attached hydrogens (tertiary/aromatic N) is 3. The number of halogens is 3. The quantitative estimate of drug-likeness (QED) is 0.328. The number of rotatable bonds is 9. The lowest BCUT2D eigenvalue weighted by atomic mass is 9.72. The van der Waals surface area contributed by atoms with Crippen LogP contribution in [0.15, 0.2) is 59.5 Å². The van der Waals surface area contributed by atoms with Crippen LogP contribution in [0.3, 0.4) is 0 Å². The van der Waals surface area contributed by atoms with Gasteiger partial charge in [-0.05, 0) is 101 Å². The molecule has 2 heterocycles. The molecule has 5 rings (SSSR count). The molecule has 1 amide bonds. The van der Waals surface area contributed by atoms with Crippen LogP contribution in [0, 0.1) is 5.92 Å². The molecule has 1 unspecified atom stereocenters. The Kier molecular flexibility index (Phi) is 9.88. The van der Waals surface area contributed by atoms with E-state index in [9.17, 15) is 26.4 Å². The van der Waals surface area contributed by atoms with E-state index in [2.05, 4.69) is 35.2 Å². The predicted molar refractivity (Wildman–Crippen MR) is 161 cm³/mol. The van der Waals surface area contributed by atoms with Crippen molar-refractivity contribution in [2.24, 2.45) is 5.92 Å². The molecule has 2 saturated heterocycles. The Labute approximate surface area is 254 Å². The minimum atomic E-state index is -4.64. The second-order valence-corrected chi connectivity index (χ2v) is 14.7. The van der Waals surface area contributed by atoms with Crippen molar-refractivity contribution in [3.05, 3.63) is 65.7 Å². The van der Waals surface area contributed by atoms with Gasteiger partial charge in [0.1, 0.15) is 0 Å². The Hall–Kier alpha value is -2.43. The fourth-order valence-electron chi connectivity index (χ4n) is 7.48. The molecular formula is C33H44F3N3O3S. The van der Waals surface area contributed by atoms with Crippen molar-refractivity contribution in [1.82, 2.24) is 14.1 Å². The van der Waals surface area contributed by atoms with Crippen LogP contribution in [0.2, 0.25) is 0 Å². The lowest BCUT2D eigenvalue weighted by Crippen LogP contribution is -2.52. The molecule has 2 aromatic rings. The summed E-state index contributed by atoms with van der Waals surface area (Å²) in [5, 5.41) is 0. The summed E-state index contributed by atoms with van der Waals surface area (Å²) in [5.74, 6) is 0.272. The van der Waals surface area contributed by atoms with Gasteiger partial charge in [0.2, 0.25) is 15.9 Å². The summed E-state index contributed by atoms with van der Waals surface area (Å²) in [6.45, 7) is 3.13. The van der Waals surface area contributed by atoms with E-state index in [0.717, 1.165) is 63.7 Å². The van der Waals surface area contributed by atoms with Gasteiger partial charge in [-0.3, -0.25) is 9.69 Å². The maximum atomic E-state index is 13.5. The van der Waals surface area contributed by atoms with Gasteiger partial charge in [0, 0.05) is 38.1 Å². The van der Waals surface area contributed by atoms with Crippen LogP contribution in [0.5, 0.6) is 0 Å². The van der Waals surface area contributed by atoms with Crippen LogP contribution in [-0.4, -0.2) is 73.2 Å². The first-order valence-corrected chi connectivity index (χ1v) is 17.1. The molecule has 1 saturated carbocycles. The summed E-state index contributed by atoms with van der Waals surface area (Å²) in [7, 11) is -2.39. The van der Waals surface area contributed by atoms with Gasteiger partial charge in [-0.15, -0.1) is 0 Å². The van der Waals surface area contributed by atoms with E-state index in [0.29, 0.717) is 31.4 Å². The van der Waals surface area contributed by atoms with Crippen molar-refractivity contribution in [2.45, 2.75) is 93.3 Å². The monoisotopic (exact) mass is 619 g/mol. The van der Waals surface area contributed by atoms with E-state index in [1.54, 1.807) is 11.9 Å². The first kappa shape index (κ1) is 32.0. The summed E-state index contributed by atoms with van der Waals surface area (Å²) in [6.07, 6.45) is 5.13. The van der Waals surface area contributed by atoms with E-state index < -0.39 is 27.8 Å². The maximum absolute atomic E-state index is 13.5. The van der Waals surface area contributed by atoms with Gasteiger partial charge in [0.05, 0.1) is 10.5 Å². The normalized spacial score (nSPS) is 26.0. The molecule has 3 fully saturated rings. The van der Waals surface area contributed by atoms with Gasteiger partial charge >= 0.3 is 6.18 Å². The molecule has 0 N–H and O–H groups in total. The minimum Gasteiger partial charge on any atom is -0.345 e. The molecule has 6 nitrogen and oxygen atoms in total. The Balaban J connectivity index is 1.20. The summed E-state index contributed by atoms with van der Waals surface area (Å²) >= 11 is 0. The Bertz CT molecular complexity index is 1340. The fourth-order valence-corrected chi connectivity index (χ4v) is 9.22. The van der Waals surface area contributed by atoms with Crippen LogP contribution >= 0.6 is 0 Å². The number of likely N-dealkylation sites (tertiary alicyclic amines) is 1. The molecule has 0 aromatic heterocycles. The van der Waals surface area contributed by atoms with E-state index in [4.69, 9.17) is 0 Å². The number of hydrogen-bond donors (Lipinski definition) is 0. The van der Waals surface area contributed by atoms with E-state index in [1.807, 2.05) is 0 Å². The standard InChI is InChI=1S/C33H44F3N3O3S/c1-37(25-27-15-17-32(18-16-27,38-19-7-8-20-38)24-26-10-3-2-4-11-26)31(40)23-29-13-5-6-21-39(29)43(41,42)30-14-9-12-28(22-30)33(34,35)36/h2-4,9-12,14,22,27,29H,5-8,13,15-21,23-25H2,1H3. The number of sulfonamides is 1. The van der Waals surface area contributed by atoms with Crippen molar-refractivity contribution in [2.75, 3.05) is 33.2 Å². The van der Waals surface area contributed by atoms with Crippen molar-refractivity contribution in [3.63, 3.8) is 0 Å². The van der Waals surface area contributed by atoms with Gasteiger partial charge in [-0.2, -0.15) is 17.5 Å². The largest absolute Gasteiger partial charge is 0.416 e. The topological polar surface area (TPSA) is 60.9 Å². The van der Waals surface area contributed by atoms with Crippen LogP contribution < -0.4 is 0 Å². The van der Waals surface area contributed by atoms with Gasteiger partial charge in [0.25, 0.3) is 0 Å². The number of benzene rings is 2. The third-order valence-electron chi connectivity index (χ3n) is 9.90. The van der Waals surface area contributed by atoms with Gasteiger partial charge < -0.3 is 4.90 Å². The third-order valence-corrected chi connectivity index (χ3v) is 11.8. The molecule has 2 aromatic carbocycles. The minimum absolute atomic E-state index is 0.0349. The lowest BCUT2D eigenvalue weighted by Gasteiger charge is -2.47. The first-order valence-electron chi connectivity index (χ1n) is 15.7. The van der Waals surface area contributed by atoms with E-state index in [-0.39, 0.29) is 29.3 Å². The highest BCUT2D eigenvalue weighted by Crippen LogP contribution is 2.41. The summed E-state index contributed by atoms with van der Waals surface area (Å²) < 4.78 is 68.1. The molecule has 0 bridgehead atoms. The Morgan fingerprint density at radius 1 is 0.930 bits per heavy atom.